The van der Waals surface area contributed by atoms with Crippen molar-refractivity contribution in [2.24, 2.45) is 0 Å². The smallest absolute Gasteiger partial charge is 0.456 e. The van der Waals surface area contributed by atoms with E-state index in [1.54, 1.807) is 75.4 Å². The zero-order chi connectivity index (χ0) is 32.3. The lowest BCUT2D eigenvalue weighted by atomic mass is 9.98. The Morgan fingerprint density at radius 1 is 0.822 bits per heavy atom. The minimum Gasteiger partial charge on any atom is -0.456 e. The summed E-state index contributed by atoms with van der Waals surface area (Å²) in [5.74, 6) is -0.838. The topological polar surface area (TPSA) is 126 Å². The molecule has 2 fully saturated rings. The second kappa shape index (κ2) is 16.4. The third kappa shape index (κ3) is 11.9. The summed E-state index contributed by atoms with van der Waals surface area (Å²) in [6.07, 6.45) is 8.53. The fourth-order valence-electron chi connectivity index (χ4n) is 5.41. The highest BCUT2D eigenvalue weighted by Gasteiger charge is 2.37. The molecule has 2 aliphatic rings. The molecule has 0 bridgehead atoms. The molecule has 2 aromatic carbocycles. The van der Waals surface area contributed by atoms with Gasteiger partial charge in [-0.05, 0) is 64.2 Å². The number of rotatable bonds is 13. The third-order valence-corrected chi connectivity index (χ3v) is 9.21. The molecule has 1 N–H and O–H groups in total. The number of Topliss-reactive ketones (excluding diaryl/α,β-unsaturated/α-hetero) is 1. The summed E-state index contributed by atoms with van der Waals surface area (Å²) in [4.78, 5) is 38.1. The van der Waals surface area contributed by atoms with Crippen molar-refractivity contribution in [3.05, 3.63) is 65.7 Å². The number of ether oxygens (including phenoxy) is 2. The molecule has 0 aromatic heterocycles. The van der Waals surface area contributed by atoms with Crippen LogP contribution in [0.15, 0.2) is 54.6 Å². The molecular weight excluding hydrogens is 597 g/mol. The van der Waals surface area contributed by atoms with Crippen LogP contribution in [-0.4, -0.2) is 48.3 Å². The summed E-state index contributed by atoms with van der Waals surface area (Å²) < 4.78 is 42.6. The van der Waals surface area contributed by atoms with E-state index < -0.39 is 38.1 Å². The highest BCUT2D eigenvalue weighted by Crippen LogP contribution is 2.54. The molecule has 2 saturated carbocycles. The Hall–Kier alpha value is -3.20. The first-order valence-electron chi connectivity index (χ1n) is 16.0. The summed E-state index contributed by atoms with van der Waals surface area (Å²) in [6.45, 7) is 4.67. The number of alkyl carbamates (subject to hydrolysis) is 1. The Morgan fingerprint density at radius 3 is 1.91 bits per heavy atom. The molecule has 2 aromatic rings. The van der Waals surface area contributed by atoms with Crippen LogP contribution in [0.4, 0.5) is 4.79 Å². The van der Waals surface area contributed by atoms with E-state index in [0.29, 0.717) is 16.9 Å². The standard InChI is InChI=1S/C34H46NO9P/c1-34(2,3)41-33(38)35-30(32(37)40-24-31(36)26-13-7-4-8-14-26)23-25-19-21-29(22-20-25)44-45(39,42-27-15-9-5-10-16-27)43-28-17-11-6-12-18-28/h4,7-8,13-14,19-22,27-28,30H,5-6,9-12,15-18,23-24H2,1-3H3,(H,35,38). The normalized spacial score (nSPS) is 17.2. The summed E-state index contributed by atoms with van der Waals surface area (Å²) in [6, 6.07) is 14.0. The second-order valence-corrected chi connectivity index (χ2v) is 14.2. The maximum absolute atomic E-state index is 13.9. The molecule has 2 aliphatic carbocycles. The van der Waals surface area contributed by atoms with E-state index in [4.69, 9.17) is 23.0 Å². The van der Waals surface area contributed by atoms with Crippen molar-refractivity contribution in [3.8, 4) is 5.75 Å². The minimum atomic E-state index is -3.90. The number of nitrogens with one attached hydrogen (secondary N) is 1. The molecule has 0 heterocycles. The van der Waals surface area contributed by atoms with Gasteiger partial charge in [0.15, 0.2) is 12.4 Å². The lowest BCUT2D eigenvalue weighted by molar-refractivity contribution is -0.145. The van der Waals surface area contributed by atoms with Gasteiger partial charge >= 0.3 is 19.9 Å². The van der Waals surface area contributed by atoms with Crippen LogP contribution in [0.2, 0.25) is 0 Å². The van der Waals surface area contributed by atoms with Crippen LogP contribution in [0.1, 0.15) is 101 Å². The number of phosphoric acid groups is 1. The van der Waals surface area contributed by atoms with Crippen LogP contribution < -0.4 is 9.84 Å². The Morgan fingerprint density at radius 2 is 1.38 bits per heavy atom. The van der Waals surface area contributed by atoms with Crippen LogP contribution in [0.25, 0.3) is 0 Å². The Kier molecular flexibility index (Phi) is 12.6. The van der Waals surface area contributed by atoms with Gasteiger partial charge in [0.1, 0.15) is 17.4 Å². The third-order valence-electron chi connectivity index (χ3n) is 7.66. The fraction of sp³-hybridized carbons (Fsp3) is 0.559. The molecule has 0 radical (unpaired) electrons. The van der Waals surface area contributed by atoms with Gasteiger partial charge in [-0.25, -0.2) is 14.2 Å². The van der Waals surface area contributed by atoms with E-state index in [-0.39, 0.29) is 24.4 Å². The number of hydrogen-bond acceptors (Lipinski definition) is 9. The minimum absolute atomic E-state index is 0.0483. The molecule has 246 valence electrons. The SMILES string of the molecule is CC(C)(C)OC(=O)NC(Cc1ccc(OP(=O)(OC2CCCCC2)OC2CCCCC2)cc1)C(=O)OCC(=O)c1ccccc1. The maximum atomic E-state index is 13.9. The first kappa shape index (κ1) is 34.7. The lowest BCUT2D eigenvalue weighted by Crippen LogP contribution is -2.45. The van der Waals surface area contributed by atoms with Crippen LogP contribution in [0.3, 0.4) is 0 Å². The van der Waals surface area contributed by atoms with Gasteiger partial charge in [-0.2, -0.15) is 0 Å². The quantitative estimate of drug-likeness (QED) is 0.133. The Labute approximate surface area is 266 Å². The van der Waals surface area contributed by atoms with E-state index >= 15 is 0 Å². The molecule has 1 atom stereocenters. The van der Waals surface area contributed by atoms with E-state index in [1.165, 1.54) is 0 Å². The van der Waals surface area contributed by atoms with Gasteiger partial charge in [-0.1, -0.05) is 81.0 Å². The lowest BCUT2D eigenvalue weighted by Gasteiger charge is -2.30. The van der Waals surface area contributed by atoms with Gasteiger partial charge in [0.2, 0.25) is 0 Å². The van der Waals surface area contributed by atoms with Gasteiger partial charge in [0.05, 0.1) is 12.2 Å². The molecule has 11 heteroatoms. The van der Waals surface area contributed by atoms with Gasteiger partial charge in [0.25, 0.3) is 0 Å². The number of hydrogen-bond donors (Lipinski definition) is 1. The number of carbonyl (C=O) groups is 3. The first-order valence-corrected chi connectivity index (χ1v) is 17.4. The van der Waals surface area contributed by atoms with Crippen molar-refractivity contribution in [1.29, 1.82) is 0 Å². The molecule has 4 rings (SSSR count). The number of amides is 1. The zero-order valence-corrected chi connectivity index (χ0v) is 27.4. The molecule has 1 amide bonds. The van der Waals surface area contributed by atoms with Crippen molar-refractivity contribution in [2.45, 2.75) is 115 Å². The van der Waals surface area contributed by atoms with Gasteiger partial charge < -0.3 is 19.3 Å². The molecule has 1 unspecified atom stereocenters. The van der Waals surface area contributed by atoms with Crippen molar-refractivity contribution >= 4 is 25.7 Å². The number of phosphoric ester groups is 1. The largest absolute Gasteiger partial charge is 0.530 e. The zero-order valence-electron chi connectivity index (χ0n) is 26.5. The van der Waals surface area contributed by atoms with Gasteiger partial charge in [-0.3, -0.25) is 13.8 Å². The summed E-state index contributed by atoms with van der Waals surface area (Å²) in [7, 11) is -3.90. The van der Waals surface area contributed by atoms with Gasteiger partial charge in [-0.15, -0.1) is 0 Å². The van der Waals surface area contributed by atoms with Crippen LogP contribution in [0, 0.1) is 0 Å². The molecule has 0 spiro atoms. The van der Waals surface area contributed by atoms with Crippen molar-refractivity contribution < 1.29 is 42.0 Å². The maximum Gasteiger partial charge on any atom is 0.530 e. The van der Waals surface area contributed by atoms with Gasteiger partial charge in [0, 0.05) is 12.0 Å². The summed E-state index contributed by atoms with van der Waals surface area (Å²) in [5, 5.41) is 2.57. The number of benzene rings is 2. The Balaban J connectivity index is 1.43. The van der Waals surface area contributed by atoms with E-state index in [9.17, 15) is 18.9 Å². The van der Waals surface area contributed by atoms with Crippen LogP contribution in [0.5, 0.6) is 5.75 Å². The van der Waals surface area contributed by atoms with E-state index in [2.05, 4.69) is 5.32 Å². The molecule has 45 heavy (non-hydrogen) atoms. The number of carbonyl (C=O) groups excluding carboxylic acids is 3. The summed E-state index contributed by atoms with van der Waals surface area (Å²) in [5.41, 5.74) is 0.287. The molecule has 0 saturated heterocycles. The first-order chi connectivity index (χ1) is 21.5. The fourth-order valence-corrected chi connectivity index (χ4v) is 7.08. The molecule has 0 aliphatic heterocycles. The Bertz CT molecular complexity index is 1270. The monoisotopic (exact) mass is 643 g/mol. The van der Waals surface area contributed by atoms with Crippen LogP contribution in [-0.2, 0) is 34.3 Å². The van der Waals surface area contributed by atoms with Crippen molar-refractivity contribution in [3.63, 3.8) is 0 Å². The van der Waals surface area contributed by atoms with Crippen LogP contribution >= 0.6 is 7.82 Å². The molecule has 10 nitrogen and oxygen atoms in total. The number of ketones is 1. The predicted octanol–water partition coefficient (Wildman–Crippen LogP) is 7.73. The van der Waals surface area contributed by atoms with Crippen molar-refractivity contribution in [1.82, 2.24) is 5.32 Å². The second-order valence-electron chi connectivity index (χ2n) is 12.7. The molecular formula is C34H46NO9P. The number of esters is 1. The highest BCUT2D eigenvalue weighted by atomic mass is 31.2. The van der Waals surface area contributed by atoms with E-state index in [0.717, 1.165) is 64.2 Å². The average Bonchev–Trinajstić information content (AvgIpc) is 3.00. The predicted molar refractivity (Wildman–Crippen MR) is 169 cm³/mol. The summed E-state index contributed by atoms with van der Waals surface area (Å²) >= 11 is 0. The average molecular weight is 644 g/mol. The van der Waals surface area contributed by atoms with E-state index in [1.807, 2.05) is 0 Å². The highest BCUT2D eigenvalue weighted by molar-refractivity contribution is 7.49. The van der Waals surface area contributed by atoms with Crippen molar-refractivity contribution in [2.75, 3.05) is 6.61 Å².